The predicted octanol–water partition coefficient (Wildman–Crippen LogP) is 5.48. The van der Waals surface area contributed by atoms with Crippen molar-refractivity contribution in [1.82, 2.24) is 4.57 Å². The van der Waals surface area contributed by atoms with Gasteiger partial charge >= 0.3 is 0 Å². The molecule has 0 saturated heterocycles. The Balaban J connectivity index is 1.48. The lowest BCUT2D eigenvalue weighted by molar-refractivity contribution is 0.916. The molecule has 0 atom stereocenters. The molecule has 0 aliphatic rings. The lowest BCUT2D eigenvalue weighted by Gasteiger charge is -2.08. The van der Waals surface area contributed by atoms with Crippen LogP contribution < -0.4 is 5.32 Å². The Labute approximate surface area is 160 Å². The van der Waals surface area contributed by atoms with Crippen molar-refractivity contribution in [2.75, 3.05) is 18.4 Å². The smallest absolute Gasteiger partial charge is 0.0562 e. The first-order chi connectivity index (χ1) is 13.1. The van der Waals surface area contributed by atoms with E-state index in [4.69, 9.17) is 0 Å². The minimum absolute atomic E-state index is 0.741. The van der Waals surface area contributed by atoms with Gasteiger partial charge in [-0.1, -0.05) is 48.0 Å². The highest BCUT2D eigenvalue weighted by molar-refractivity contribution is 6.01. The zero-order valence-corrected chi connectivity index (χ0v) is 16.2. The summed E-state index contributed by atoms with van der Waals surface area (Å²) < 4.78 is 2.24. The van der Waals surface area contributed by atoms with Gasteiger partial charge in [0.25, 0.3) is 0 Å². The molecule has 0 saturated carbocycles. The van der Waals surface area contributed by atoms with E-state index in [9.17, 15) is 0 Å². The number of nitrogens with one attached hydrogen (secondary N) is 1. The molecule has 0 spiro atoms. The Morgan fingerprint density at radius 2 is 1.78 bits per heavy atom. The van der Waals surface area contributed by atoms with Crippen LogP contribution in [0.4, 0.5) is 5.69 Å². The fourth-order valence-corrected chi connectivity index (χ4v) is 3.67. The van der Waals surface area contributed by atoms with E-state index in [1.54, 1.807) is 0 Å². The Hall–Kier alpha value is -3.07. The Morgan fingerprint density at radius 1 is 0.963 bits per heavy atom. The molecule has 0 radical (unpaired) electrons. The summed E-state index contributed by atoms with van der Waals surface area (Å²) in [6.45, 7) is 5.85. The van der Waals surface area contributed by atoms with Crippen molar-refractivity contribution >= 4 is 33.6 Å². The van der Waals surface area contributed by atoms with Gasteiger partial charge in [-0.25, -0.2) is 0 Å². The average molecular weight is 355 g/mol. The summed E-state index contributed by atoms with van der Waals surface area (Å²) in [5.74, 6) is 0. The summed E-state index contributed by atoms with van der Waals surface area (Å²) in [4.78, 5) is 4.69. The van der Waals surface area contributed by atoms with Crippen LogP contribution in [-0.2, 0) is 7.05 Å². The molecule has 3 heteroatoms. The Bertz CT molecular complexity index is 1130. The number of anilines is 1. The van der Waals surface area contributed by atoms with Crippen molar-refractivity contribution in [3.8, 4) is 0 Å². The molecule has 4 rings (SSSR count). The zero-order valence-electron chi connectivity index (χ0n) is 16.2. The van der Waals surface area contributed by atoms with Crippen LogP contribution in [0.15, 0.2) is 65.7 Å². The van der Waals surface area contributed by atoms with Gasteiger partial charge in [-0.3, -0.25) is 4.99 Å². The standard InChI is InChI=1S/C24H25N3/c1-17-11-12-24-21(15-17)22(18(2)27(24)3)16-25-13-14-26-23-10-6-8-19-7-4-5-9-20(19)23/h4-12,15-16,26H,13-14H2,1-3H3. The van der Waals surface area contributed by atoms with Crippen LogP contribution in [-0.4, -0.2) is 23.9 Å². The highest BCUT2D eigenvalue weighted by Gasteiger charge is 2.09. The topological polar surface area (TPSA) is 29.3 Å². The summed E-state index contributed by atoms with van der Waals surface area (Å²) in [6.07, 6.45) is 2.03. The maximum absolute atomic E-state index is 4.69. The summed E-state index contributed by atoms with van der Waals surface area (Å²) >= 11 is 0. The van der Waals surface area contributed by atoms with E-state index in [2.05, 4.69) is 96.4 Å². The van der Waals surface area contributed by atoms with Gasteiger partial charge in [0, 0.05) is 53.0 Å². The first kappa shape index (κ1) is 17.3. The van der Waals surface area contributed by atoms with Crippen molar-refractivity contribution in [3.63, 3.8) is 0 Å². The van der Waals surface area contributed by atoms with E-state index < -0.39 is 0 Å². The lowest BCUT2D eigenvalue weighted by Crippen LogP contribution is -2.05. The fourth-order valence-electron chi connectivity index (χ4n) is 3.67. The third kappa shape index (κ3) is 3.33. The van der Waals surface area contributed by atoms with Crippen molar-refractivity contribution in [1.29, 1.82) is 0 Å². The van der Waals surface area contributed by atoms with E-state index in [0.717, 1.165) is 13.1 Å². The number of fused-ring (bicyclic) bond motifs is 2. The van der Waals surface area contributed by atoms with Crippen molar-refractivity contribution in [2.45, 2.75) is 13.8 Å². The number of aliphatic imine (C=N–C) groups is 1. The minimum atomic E-state index is 0.741. The van der Waals surface area contributed by atoms with Gasteiger partial charge in [0.05, 0.1) is 6.54 Å². The molecule has 3 aromatic carbocycles. The monoisotopic (exact) mass is 355 g/mol. The van der Waals surface area contributed by atoms with Gasteiger partial charge < -0.3 is 9.88 Å². The van der Waals surface area contributed by atoms with Crippen LogP contribution in [0, 0.1) is 13.8 Å². The quantitative estimate of drug-likeness (QED) is 0.373. The molecule has 136 valence electrons. The molecular formula is C24H25N3. The number of aryl methyl sites for hydroxylation is 2. The summed E-state index contributed by atoms with van der Waals surface area (Å²) in [6, 6.07) is 21.4. The molecule has 4 aromatic rings. The van der Waals surface area contributed by atoms with Crippen LogP contribution >= 0.6 is 0 Å². The van der Waals surface area contributed by atoms with E-state index >= 15 is 0 Å². The number of nitrogens with zero attached hydrogens (tertiary/aromatic N) is 2. The first-order valence-electron chi connectivity index (χ1n) is 9.42. The zero-order chi connectivity index (χ0) is 18.8. The van der Waals surface area contributed by atoms with Gasteiger partial charge in [0.1, 0.15) is 0 Å². The van der Waals surface area contributed by atoms with Crippen LogP contribution in [0.1, 0.15) is 16.8 Å². The highest BCUT2D eigenvalue weighted by Crippen LogP contribution is 2.25. The molecule has 0 aliphatic carbocycles. The van der Waals surface area contributed by atoms with Gasteiger partial charge in [0.2, 0.25) is 0 Å². The molecular weight excluding hydrogens is 330 g/mol. The molecule has 0 aliphatic heterocycles. The third-order valence-electron chi connectivity index (χ3n) is 5.26. The molecule has 0 bridgehead atoms. The summed E-state index contributed by atoms with van der Waals surface area (Å²) in [5, 5.41) is 7.31. The summed E-state index contributed by atoms with van der Waals surface area (Å²) in [7, 11) is 2.12. The fraction of sp³-hybridized carbons (Fsp3) is 0.208. The van der Waals surface area contributed by atoms with Crippen molar-refractivity contribution < 1.29 is 0 Å². The Morgan fingerprint density at radius 3 is 2.67 bits per heavy atom. The van der Waals surface area contributed by atoms with Crippen molar-refractivity contribution in [3.05, 3.63) is 77.5 Å². The molecule has 1 heterocycles. The maximum atomic E-state index is 4.69. The van der Waals surface area contributed by atoms with Gasteiger partial charge in [-0.2, -0.15) is 0 Å². The highest BCUT2D eigenvalue weighted by atomic mass is 14.9. The van der Waals surface area contributed by atoms with Gasteiger partial charge in [-0.05, 0) is 37.4 Å². The van der Waals surface area contributed by atoms with Gasteiger partial charge in [-0.15, -0.1) is 0 Å². The largest absolute Gasteiger partial charge is 0.383 e. The normalized spacial score (nSPS) is 11.7. The number of hydrogen-bond donors (Lipinski definition) is 1. The molecule has 0 fully saturated rings. The second kappa shape index (κ2) is 7.28. The molecule has 1 aromatic heterocycles. The molecule has 27 heavy (non-hydrogen) atoms. The lowest BCUT2D eigenvalue weighted by atomic mass is 10.1. The van der Waals surface area contributed by atoms with E-state index in [-0.39, 0.29) is 0 Å². The average Bonchev–Trinajstić information content (AvgIpc) is 2.92. The summed E-state index contributed by atoms with van der Waals surface area (Å²) in [5.41, 5.74) is 6.18. The predicted molar refractivity (Wildman–Crippen MR) is 117 cm³/mol. The molecule has 0 unspecified atom stereocenters. The first-order valence-corrected chi connectivity index (χ1v) is 9.42. The second-order valence-electron chi connectivity index (χ2n) is 7.07. The van der Waals surface area contributed by atoms with E-state index in [0.29, 0.717) is 0 Å². The molecule has 0 amide bonds. The number of benzene rings is 3. The van der Waals surface area contributed by atoms with E-state index in [1.807, 2.05) is 6.21 Å². The molecule has 1 N–H and O–H groups in total. The van der Waals surface area contributed by atoms with Gasteiger partial charge in [0.15, 0.2) is 0 Å². The van der Waals surface area contributed by atoms with E-state index in [1.165, 1.54) is 44.2 Å². The Kier molecular flexibility index (Phi) is 4.68. The third-order valence-corrected chi connectivity index (χ3v) is 5.26. The minimum Gasteiger partial charge on any atom is -0.383 e. The van der Waals surface area contributed by atoms with Crippen LogP contribution in [0.25, 0.3) is 21.7 Å². The number of hydrogen-bond acceptors (Lipinski definition) is 2. The molecule has 3 nitrogen and oxygen atoms in total. The second-order valence-corrected chi connectivity index (χ2v) is 7.07. The van der Waals surface area contributed by atoms with Crippen LogP contribution in [0.2, 0.25) is 0 Å². The van der Waals surface area contributed by atoms with Crippen molar-refractivity contribution in [2.24, 2.45) is 12.0 Å². The van der Waals surface area contributed by atoms with Crippen LogP contribution in [0.3, 0.4) is 0 Å². The number of aromatic nitrogens is 1. The van der Waals surface area contributed by atoms with Crippen LogP contribution in [0.5, 0.6) is 0 Å². The number of rotatable bonds is 5. The SMILES string of the molecule is Cc1ccc2c(c1)c(C=NCCNc1cccc3ccccc13)c(C)n2C. The maximum Gasteiger partial charge on any atom is 0.0562 e.